The van der Waals surface area contributed by atoms with Gasteiger partial charge in [0.05, 0.1) is 0 Å². The summed E-state index contributed by atoms with van der Waals surface area (Å²) in [5.74, 6) is 0.497. The van der Waals surface area contributed by atoms with E-state index < -0.39 is 0 Å². The average molecular weight is 331 g/mol. The molecule has 0 radical (unpaired) electrons. The molecular weight excluding hydrogens is 326 g/mol. The Hall–Kier alpha value is -1.01. The van der Waals surface area contributed by atoms with E-state index in [0.717, 1.165) is 10.0 Å². The second-order valence-corrected chi connectivity index (χ2v) is 4.57. The van der Waals surface area contributed by atoms with Gasteiger partial charge in [-0.05, 0) is 37.9 Å². The molecule has 0 saturated heterocycles. The maximum Gasteiger partial charge on any atom is 0.265 e. The lowest BCUT2D eigenvalue weighted by Gasteiger charge is -2.00. The highest BCUT2D eigenvalue weighted by Gasteiger charge is 2.03. The Morgan fingerprint density at radius 3 is 2.67 bits per heavy atom. The van der Waals surface area contributed by atoms with Gasteiger partial charge in [0.15, 0.2) is 0 Å². The van der Waals surface area contributed by atoms with Crippen molar-refractivity contribution in [3.63, 3.8) is 0 Å². The Labute approximate surface area is 102 Å². The molecule has 2 rings (SSSR count). The summed E-state index contributed by atoms with van der Waals surface area (Å²) in [4.78, 5) is 22.0. The number of nitrogens with one attached hydrogen (secondary N) is 1. The third-order valence-corrected chi connectivity index (χ3v) is 2.73. The normalized spacial score (nSPS) is 10.3. The van der Waals surface area contributed by atoms with E-state index in [1.54, 1.807) is 12.4 Å². The molecule has 0 unspecified atom stereocenters. The molecule has 0 saturated carbocycles. The molecule has 0 aliphatic rings. The SMILES string of the molecule is O=c1[nH]c(-c2cncc(Br)c2)ncc1Br. The van der Waals surface area contributed by atoms with Crippen LogP contribution >= 0.6 is 31.9 Å². The number of pyridine rings is 1. The van der Waals surface area contributed by atoms with Crippen LogP contribution in [0.2, 0.25) is 0 Å². The van der Waals surface area contributed by atoms with E-state index in [1.165, 1.54) is 6.20 Å². The minimum Gasteiger partial charge on any atom is -0.306 e. The molecular formula is C9H5Br2N3O. The number of hydrogen-bond donors (Lipinski definition) is 1. The van der Waals surface area contributed by atoms with Gasteiger partial charge in [-0.25, -0.2) is 4.98 Å². The highest BCUT2D eigenvalue weighted by Crippen LogP contribution is 2.17. The predicted octanol–water partition coefficient (Wildman–Crippen LogP) is 2.36. The zero-order valence-electron chi connectivity index (χ0n) is 7.37. The first-order chi connectivity index (χ1) is 7.16. The zero-order valence-corrected chi connectivity index (χ0v) is 10.5. The van der Waals surface area contributed by atoms with Gasteiger partial charge in [-0.15, -0.1) is 0 Å². The Morgan fingerprint density at radius 1 is 1.20 bits per heavy atom. The Bertz CT molecular complexity index is 553. The maximum atomic E-state index is 11.3. The molecule has 0 amide bonds. The highest BCUT2D eigenvalue weighted by molar-refractivity contribution is 9.10. The Balaban J connectivity index is 2.55. The molecule has 0 bridgehead atoms. The average Bonchev–Trinajstić information content (AvgIpc) is 2.22. The molecule has 0 aliphatic heterocycles. The number of halogens is 2. The van der Waals surface area contributed by atoms with Crippen molar-refractivity contribution in [3.05, 3.63) is 44.0 Å². The smallest absolute Gasteiger partial charge is 0.265 e. The molecule has 0 spiro atoms. The molecule has 6 heteroatoms. The van der Waals surface area contributed by atoms with Crippen molar-refractivity contribution in [1.82, 2.24) is 15.0 Å². The van der Waals surface area contributed by atoms with Crippen LogP contribution in [-0.2, 0) is 0 Å². The van der Waals surface area contributed by atoms with Gasteiger partial charge in [-0.2, -0.15) is 0 Å². The summed E-state index contributed by atoms with van der Waals surface area (Å²) in [7, 11) is 0. The molecule has 15 heavy (non-hydrogen) atoms. The first-order valence-electron chi connectivity index (χ1n) is 4.02. The van der Waals surface area contributed by atoms with E-state index in [9.17, 15) is 4.79 Å². The lowest BCUT2D eigenvalue weighted by Crippen LogP contribution is -2.08. The van der Waals surface area contributed by atoms with Crippen molar-refractivity contribution in [2.45, 2.75) is 0 Å². The lowest BCUT2D eigenvalue weighted by atomic mass is 10.3. The van der Waals surface area contributed by atoms with Crippen molar-refractivity contribution >= 4 is 31.9 Å². The molecule has 2 aromatic heterocycles. The lowest BCUT2D eigenvalue weighted by molar-refractivity contribution is 1.10. The van der Waals surface area contributed by atoms with Crippen molar-refractivity contribution in [2.75, 3.05) is 0 Å². The van der Waals surface area contributed by atoms with E-state index in [1.807, 2.05) is 6.07 Å². The summed E-state index contributed by atoms with van der Waals surface area (Å²) in [5, 5.41) is 0. The monoisotopic (exact) mass is 329 g/mol. The maximum absolute atomic E-state index is 11.3. The van der Waals surface area contributed by atoms with E-state index in [2.05, 4.69) is 46.8 Å². The van der Waals surface area contributed by atoms with Crippen molar-refractivity contribution < 1.29 is 0 Å². The molecule has 0 aromatic carbocycles. The molecule has 0 atom stereocenters. The second-order valence-electron chi connectivity index (χ2n) is 2.80. The van der Waals surface area contributed by atoms with Gasteiger partial charge < -0.3 is 4.98 Å². The van der Waals surface area contributed by atoms with Gasteiger partial charge in [0.1, 0.15) is 10.3 Å². The summed E-state index contributed by atoms with van der Waals surface area (Å²) >= 11 is 6.39. The number of nitrogens with zero attached hydrogens (tertiary/aromatic N) is 2. The number of hydrogen-bond acceptors (Lipinski definition) is 3. The van der Waals surface area contributed by atoms with Crippen LogP contribution in [0.5, 0.6) is 0 Å². The summed E-state index contributed by atoms with van der Waals surface area (Å²) in [5.41, 5.74) is 0.550. The molecule has 2 heterocycles. The molecule has 0 aliphatic carbocycles. The zero-order chi connectivity index (χ0) is 10.8. The van der Waals surface area contributed by atoms with E-state index in [0.29, 0.717) is 10.3 Å². The first-order valence-corrected chi connectivity index (χ1v) is 5.61. The van der Waals surface area contributed by atoms with Crippen LogP contribution in [0.25, 0.3) is 11.4 Å². The predicted molar refractivity (Wildman–Crippen MR) is 63.5 cm³/mol. The molecule has 76 valence electrons. The third-order valence-electron chi connectivity index (χ3n) is 1.73. The van der Waals surface area contributed by atoms with Gasteiger partial charge in [0.2, 0.25) is 0 Å². The Morgan fingerprint density at radius 2 is 2.00 bits per heavy atom. The van der Waals surface area contributed by atoms with Gasteiger partial charge >= 0.3 is 0 Å². The Kier molecular flexibility index (Phi) is 2.97. The van der Waals surface area contributed by atoms with Crippen molar-refractivity contribution in [2.24, 2.45) is 0 Å². The second kappa shape index (κ2) is 4.24. The van der Waals surface area contributed by atoms with Crippen molar-refractivity contribution in [3.8, 4) is 11.4 Å². The number of rotatable bonds is 1. The van der Waals surface area contributed by atoms with Crippen LogP contribution in [-0.4, -0.2) is 15.0 Å². The summed E-state index contributed by atoms with van der Waals surface area (Å²) in [6.45, 7) is 0. The van der Waals surface area contributed by atoms with Crippen LogP contribution in [0, 0.1) is 0 Å². The largest absolute Gasteiger partial charge is 0.306 e. The van der Waals surface area contributed by atoms with Gasteiger partial charge in [-0.1, -0.05) is 0 Å². The summed E-state index contributed by atoms with van der Waals surface area (Å²) in [6, 6.07) is 1.83. The topological polar surface area (TPSA) is 58.6 Å². The number of aromatic nitrogens is 3. The van der Waals surface area contributed by atoms with Crippen LogP contribution in [0.1, 0.15) is 0 Å². The molecule has 4 nitrogen and oxygen atoms in total. The molecule has 1 N–H and O–H groups in total. The molecule has 2 aromatic rings. The van der Waals surface area contributed by atoms with Gasteiger partial charge in [0, 0.05) is 28.6 Å². The quantitative estimate of drug-likeness (QED) is 0.873. The third kappa shape index (κ3) is 2.32. The summed E-state index contributed by atoms with van der Waals surface area (Å²) < 4.78 is 1.25. The van der Waals surface area contributed by atoms with E-state index in [-0.39, 0.29) is 5.56 Å². The minimum atomic E-state index is -0.208. The first kappa shape index (κ1) is 10.5. The number of aromatic amines is 1. The van der Waals surface area contributed by atoms with Crippen LogP contribution < -0.4 is 5.56 Å². The highest BCUT2D eigenvalue weighted by atomic mass is 79.9. The van der Waals surface area contributed by atoms with Gasteiger partial charge in [0.25, 0.3) is 5.56 Å². The fourth-order valence-electron chi connectivity index (χ4n) is 1.07. The summed E-state index contributed by atoms with van der Waals surface area (Å²) in [6.07, 6.45) is 4.77. The van der Waals surface area contributed by atoms with Gasteiger partial charge in [-0.3, -0.25) is 9.78 Å². The van der Waals surface area contributed by atoms with Crippen LogP contribution in [0.15, 0.2) is 38.4 Å². The molecule has 0 fully saturated rings. The van der Waals surface area contributed by atoms with E-state index >= 15 is 0 Å². The number of H-pyrrole nitrogens is 1. The standard InChI is InChI=1S/C9H5Br2N3O/c10-6-1-5(2-12-3-6)8-13-4-7(11)9(15)14-8/h1-4H,(H,13,14,15). The van der Waals surface area contributed by atoms with E-state index in [4.69, 9.17) is 0 Å². The van der Waals surface area contributed by atoms with Crippen LogP contribution in [0.3, 0.4) is 0 Å². The fourth-order valence-corrected chi connectivity index (χ4v) is 1.63. The fraction of sp³-hybridized carbons (Fsp3) is 0. The minimum absolute atomic E-state index is 0.208. The van der Waals surface area contributed by atoms with Crippen molar-refractivity contribution in [1.29, 1.82) is 0 Å². The van der Waals surface area contributed by atoms with Crippen LogP contribution in [0.4, 0.5) is 0 Å².